The summed E-state index contributed by atoms with van der Waals surface area (Å²) in [5, 5.41) is 17.4. The van der Waals surface area contributed by atoms with Gasteiger partial charge in [0.25, 0.3) is 0 Å². The molecule has 0 saturated heterocycles. The molecule has 0 spiro atoms. The largest absolute Gasteiger partial charge is 0.488 e. The van der Waals surface area contributed by atoms with Crippen LogP contribution in [0.5, 0.6) is 0 Å². The first-order valence-corrected chi connectivity index (χ1v) is 3.20. The molecule has 0 aliphatic heterocycles. The zero-order valence-electron chi connectivity index (χ0n) is 5.57. The quantitative estimate of drug-likeness (QED) is 0.513. The molecule has 0 aromatic carbocycles. The minimum Gasteiger partial charge on any atom is -0.423 e. The smallest absolute Gasteiger partial charge is 0.423 e. The van der Waals surface area contributed by atoms with Crippen molar-refractivity contribution >= 4 is 7.12 Å². The molecule has 2 nitrogen and oxygen atoms in total. The Hall–Kier alpha value is -0.795. The van der Waals surface area contributed by atoms with E-state index in [0.29, 0.717) is 5.47 Å². The molecule has 1 aliphatic rings. The van der Waals surface area contributed by atoms with Crippen LogP contribution in [0, 0.1) is 0 Å². The molecule has 10 heavy (non-hydrogen) atoms. The van der Waals surface area contributed by atoms with Crippen LogP contribution in [0.1, 0.15) is 6.42 Å². The Morgan fingerprint density at radius 3 is 2.80 bits per heavy atom. The van der Waals surface area contributed by atoms with E-state index in [2.05, 4.69) is 0 Å². The maximum Gasteiger partial charge on any atom is 0.488 e. The van der Waals surface area contributed by atoms with E-state index in [1.807, 2.05) is 18.2 Å². The number of hydrogen-bond donors (Lipinski definition) is 2. The van der Waals surface area contributed by atoms with Gasteiger partial charge >= 0.3 is 7.12 Å². The maximum atomic E-state index is 8.70. The van der Waals surface area contributed by atoms with Gasteiger partial charge in [-0.25, -0.2) is 0 Å². The van der Waals surface area contributed by atoms with E-state index in [4.69, 9.17) is 10.0 Å². The van der Waals surface area contributed by atoms with E-state index in [1.165, 1.54) is 0 Å². The number of allylic oxidation sites excluding steroid dienone is 6. The average Bonchev–Trinajstić information content (AvgIpc) is 2.12. The van der Waals surface area contributed by atoms with Gasteiger partial charge in [-0.05, 0) is 11.9 Å². The highest BCUT2D eigenvalue weighted by Crippen LogP contribution is 2.04. The van der Waals surface area contributed by atoms with Crippen molar-refractivity contribution < 1.29 is 10.0 Å². The molecule has 1 rings (SSSR count). The lowest BCUT2D eigenvalue weighted by Crippen LogP contribution is -2.13. The van der Waals surface area contributed by atoms with Gasteiger partial charge in [-0.15, -0.1) is 0 Å². The van der Waals surface area contributed by atoms with Gasteiger partial charge in [0.1, 0.15) is 0 Å². The van der Waals surface area contributed by atoms with E-state index in [0.717, 1.165) is 6.42 Å². The van der Waals surface area contributed by atoms with Crippen molar-refractivity contribution in [3.8, 4) is 0 Å². The second-order valence-corrected chi connectivity index (χ2v) is 2.11. The van der Waals surface area contributed by atoms with Crippen molar-refractivity contribution in [2.45, 2.75) is 6.42 Å². The topological polar surface area (TPSA) is 40.5 Å². The molecule has 0 bridgehead atoms. The van der Waals surface area contributed by atoms with Crippen molar-refractivity contribution in [2.24, 2.45) is 0 Å². The first kappa shape index (κ1) is 7.31. The van der Waals surface area contributed by atoms with Crippen molar-refractivity contribution in [1.29, 1.82) is 0 Å². The summed E-state index contributed by atoms with van der Waals surface area (Å²) in [6.07, 6.45) is 9.90. The standard InChI is InChI=1S/C7H9BO2/c9-8(10)7-5-3-1-2-4-6-7/h1,3-6,9-10H,2H2. The summed E-state index contributed by atoms with van der Waals surface area (Å²) >= 11 is 0. The summed E-state index contributed by atoms with van der Waals surface area (Å²) in [6, 6.07) is 0. The molecular weight excluding hydrogens is 127 g/mol. The Morgan fingerprint density at radius 1 is 1.30 bits per heavy atom. The van der Waals surface area contributed by atoms with Gasteiger partial charge in [0.2, 0.25) is 0 Å². The van der Waals surface area contributed by atoms with Gasteiger partial charge in [-0.1, -0.05) is 30.4 Å². The molecule has 0 atom stereocenters. The summed E-state index contributed by atoms with van der Waals surface area (Å²) in [5.74, 6) is 0. The molecule has 0 aromatic rings. The summed E-state index contributed by atoms with van der Waals surface area (Å²) < 4.78 is 0. The molecule has 0 amide bonds. The highest BCUT2D eigenvalue weighted by molar-refractivity contribution is 6.51. The summed E-state index contributed by atoms with van der Waals surface area (Å²) in [6.45, 7) is 0. The second kappa shape index (κ2) is 3.39. The van der Waals surface area contributed by atoms with E-state index >= 15 is 0 Å². The van der Waals surface area contributed by atoms with Gasteiger partial charge in [0, 0.05) is 0 Å². The summed E-state index contributed by atoms with van der Waals surface area (Å²) in [7, 11) is -1.35. The monoisotopic (exact) mass is 136 g/mol. The Balaban J connectivity index is 2.73. The van der Waals surface area contributed by atoms with Crippen LogP contribution >= 0.6 is 0 Å². The molecule has 0 saturated carbocycles. The van der Waals surface area contributed by atoms with Crippen LogP contribution in [0.3, 0.4) is 0 Å². The third kappa shape index (κ3) is 1.86. The zero-order valence-corrected chi connectivity index (χ0v) is 5.57. The van der Waals surface area contributed by atoms with Crippen LogP contribution in [0.15, 0.2) is 35.9 Å². The van der Waals surface area contributed by atoms with Crippen molar-refractivity contribution in [1.82, 2.24) is 0 Å². The molecule has 0 radical (unpaired) electrons. The Kier molecular flexibility index (Phi) is 2.48. The molecule has 3 heteroatoms. The fraction of sp³-hybridized carbons (Fsp3) is 0.143. The molecule has 0 unspecified atom stereocenters. The molecule has 0 aromatic heterocycles. The summed E-state index contributed by atoms with van der Waals surface area (Å²) in [4.78, 5) is 0. The highest BCUT2D eigenvalue weighted by Gasteiger charge is 2.10. The Labute approximate surface area is 60.3 Å². The molecule has 0 heterocycles. The molecule has 0 fully saturated rings. The van der Waals surface area contributed by atoms with Crippen LogP contribution in [0.2, 0.25) is 0 Å². The fourth-order valence-electron chi connectivity index (χ4n) is 0.768. The molecular formula is C7H9BO2. The first-order chi connectivity index (χ1) is 4.80. The third-order valence-electron chi connectivity index (χ3n) is 1.31. The van der Waals surface area contributed by atoms with Gasteiger partial charge in [-0.2, -0.15) is 0 Å². The number of hydrogen-bond acceptors (Lipinski definition) is 2. The van der Waals surface area contributed by atoms with Gasteiger partial charge in [-0.3, -0.25) is 0 Å². The molecule has 1 aliphatic carbocycles. The van der Waals surface area contributed by atoms with E-state index in [1.54, 1.807) is 12.2 Å². The average molecular weight is 136 g/mol. The normalized spacial score (nSPS) is 16.4. The van der Waals surface area contributed by atoms with Crippen LogP contribution in [0.4, 0.5) is 0 Å². The van der Waals surface area contributed by atoms with E-state index in [-0.39, 0.29) is 0 Å². The van der Waals surface area contributed by atoms with Gasteiger partial charge in [0.15, 0.2) is 0 Å². The van der Waals surface area contributed by atoms with Crippen molar-refractivity contribution in [2.75, 3.05) is 0 Å². The third-order valence-corrected chi connectivity index (χ3v) is 1.31. The minimum atomic E-state index is -1.35. The fourth-order valence-corrected chi connectivity index (χ4v) is 0.768. The van der Waals surface area contributed by atoms with E-state index in [9.17, 15) is 0 Å². The second-order valence-electron chi connectivity index (χ2n) is 2.11. The first-order valence-electron chi connectivity index (χ1n) is 3.20. The van der Waals surface area contributed by atoms with Crippen molar-refractivity contribution in [3.05, 3.63) is 35.9 Å². The van der Waals surface area contributed by atoms with Gasteiger partial charge < -0.3 is 10.0 Å². The van der Waals surface area contributed by atoms with Crippen LogP contribution in [-0.4, -0.2) is 17.2 Å². The highest BCUT2D eigenvalue weighted by atomic mass is 16.4. The lowest BCUT2D eigenvalue weighted by atomic mass is 9.79. The maximum absolute atomic E-state index is 8.70. The van der Waals surface area contributed by atoms with E-state index < -0.39 is 7.12 Å². The predicted molar refractivity (Wildman–Crippen MR) is 41.2 cm³/mol. The lowest BCUT2D eigenvalue weighted by molar-refractivity contribution is 0.420. The minimum absolute atomic E-state index is 0.536. The van der Waals surface area contributed by atoms with Crippen LogP contribution in [-0.2, 0) is 0 Å². The van der Waals surface area contributed by atoms with Gasteiger partial charge in [0.05, 0.1) is 0 Å². The number of rotatable bonds is 1. The van der Waals surface area contributed by atoms with Crippen LogP contribution in [0.25, 0.3) is 0 Å². The van der Waals surface area contributed by atoms with Crippen LogP contribution < -0.4 is 0 Å². The lowest BCUT2D eigenvalue weighted by Gasteiger charge is -1.94. The molecule has 2 N–H and O–H groups in total. The van der Waals surface area contributed by atoms with Crippen molar-refractivity contribution in [3.63, 3.8) is 0 Å². The zero-order chi connectivity index (χ0) is 7.40. The summed E-state index contributed by atoms with van der Waals surface area (Å²) in [5.41, 5.74) is 0.536. The SMILES string of the molecule is OB(O)C1=CC=CCC=C1. The Bertz CT molecular complexity index is 192. The Morgan fingerprint density at radius 2 is 2.10 bits per heavy atom. The predicted octanol–water partition coefficient (Wildman–Crippen LogP) is 0.441. The molecule has 52 valence electrons.